The molecule has 0 radical (unpaired) electrons. The van der Waals surface area contributed by atoms with Crippen LogP contribution in [0.4, 0.5) is 0 Å². The fourth-order valence-electron chi connectivity index (χ4n) is 2.62. The summed E-state index contributed by atoms with van der Waals surface area (Å²) in [5.41, 5.74) is 1.48. The van der Waals surface area contributed by atoms with Crippen molar-refractivity contribution in [3.63, 3.8) is 0 Å². The summed E-state index contributed by atoms with van der Waals surface area (Å²) in [6.07, 6.45) is -0.207. The molecule has 0 aromatic heterocycles. The number of carbonyl (C=O) groups is 2. The van der Waals surface area contributed by atoms with Crippen molar-refractivity contribution in [2.45, 2.75) is 13.0 Å². The lowest BCUT2D eigenvalue weighted by atomic mass is 10.1. The van der Waals surface area contributed by atoms with E-state index in [1.54, 1.807) is 29.0 Å². The average Bonchev–Trinajstić information content (AvgIpc) is 2.46. The first kappa shape index (κ1) is 17.7. The first-order valence-electron chi connectivity index (χ1n) is 7.44. The van der Waals surface area contributed by atoms with Crippen molar-refractivity contribution in [3.8, 4) is 0 Å². The Labute approximate surface area is 140 Å². The number of aliphatic carboxylic acids is 1. The van der Waals surface area contributed by atoms with Gasteiger partial charge in [0, 0.05) is 19.6 Å². The largest absolute Gasteiger partial charge is 0.480 e. The fourth-order valence-corrected chi connectivity index (χ4v) is 2.94. The van der Waals surface area contributed by atoms with Gasteiger partial charge in [-0.25, -0.2) is 0 Å². The van der Waals surface area contributed by atoms with Crippen LogP contribution >= 0.6 is 11.6 Å². The smallest absolute Gasteiger partial charge is 0.317 e. The number of aryl methyl sites for hydroxylation is 1. The van der Waals surface area contributed by atoms with E-state index in [0.717, 1.165) is 5.56 Å². The Bertz CT molecular complexity index is 593. The number of amides is 1. The van der Waals surface area contributed by atoms with Gasteiger partial charge in [-0.3, -0.25) is 14.5 Å². The van der Waals surface area contributed by atoms with Crippen molar-refractivity contribution < 1.29 is 19.4 Å². The number of carboxylic acids is 1. The van der Waals surface area contributed by atoms with Gasteiger partial charge in [0.05, 0.1) is 29.8 Å². The minimum absolute atomic E-state index is 0.0579. The van der Waals surface area contributed by atoms with Crippen molar-refractivity contribution in [2.24, 2.45) is 0 Å². The molecule has 1 aliphatic heterocycles. The lowest BCUT2D eigenvalue weighted by Crippen LogP contribution is -2.49. The summed E-state index contributed by atoms with van der Waals surface area (Å²) in [5, 5.41) is 9.24. The van der Waals surface area contributed by atoms with Crippen molar-refractivity contribution in [1.82, 2.24) is 9.80 Å². The standard InChI is InChI=1S/C16H21ClN2O4/c1-11-3-4-13(14(17)7-11)16(22)19-5-6-23-12(9-19)8-18(2)10-15(20)21/h3-4,7,12H,5-6,8-10H2,1-2H3,(H,20,21). The van der Waals surface area contributed by atoms with Gasteiger partial charge >= 0.3 is 5.97 Å². The Morgan fingerprint density at radius 3 is 2.87 bits per heavy atom. The van der Waals surface area contributed by atoms with Crippen LogP contribution in [0.3, 0.4) is 0 Å². The minimum Gasteiger partial charge on any atom is -0.480 e. The molecule has 0 aliphatic carbocycles. The van der Waals surface area contributed by atoms with E-state index in [1.165, 1.54) is 0 Å². The number of carboxylic acid groups (broad SMARTS) is 1. The number of rotatable bonds is 5. The molecule has 1 atom stereocenters. The summed E-state index contributed by atoms with van der Waals surface area (Å²) < 4.78 is 5.63. The van der Waals surface area contributed by atoms with Crippen LogP contribution in [0.2, 0.25) is 5.02 Å². The molecule has 1 saturated heterocycles. The highest BCUT2D eigenvalue weighted by Crippen LogP contribution is 2.20. The van der Waals surface area contributed by atoms with Crippen LogP contribution < -0.4 is 0 Å². The Hall–Kier alpha value is -1.63. The zero-order valence-corrected chi connectivity index (χ0v) is 14.0. The quantitative estimate of drug-likeness (QED) is 0.879. The molecule has 0 bridgehead atoms. The van der Waals surface area contributed by atoms with E-state index in [4.69, 9.17) is 21.4 Å². The van der Waals surface area contributed by atoms with Gasteiger partial charge in [-0.1, -0.05) is 17.7 Å². The molecule has 6 nitrogen and oxygen atoms in total. The number of morpholine rings is 1. The zero-order valence-electron chi connectivity index (χ0n) is 13.3. The lowest BCUT2D eigenvalue weighted by Gasteiger charge is -2.34. The second kappa shape index (κ2) is 7.77. The molecule has 1 fully saturated rings. The fraction of sp³-hybridized carbons (Fsp3) is 0.500. The van der Waals surface area contributed by atoms with Crippen LogP contribution in [-0.2, 0) is 9.53 Å². The first-order valence-corrected chi connectivity index (χ1v) is 7.82. The SMILES string of the molecule is Cc1ccc(C(=O)N2CCOC(CN(C)CC(=O)O)C2)c(Cl)c1. The number of hydrogen-bond donors (Lipinski definition) is 1. The number of ether oxygens (including phenoxy) is 1. The maximum atomic E-state index is 12.6. The Balaban J connectivity index is 2.00. The van der Waals surface area contributed by atoms with E-state index in [0.29, 0.717) is 36.8 Å². The molecule has 1 heterocycles. The summed E-state index contributed by atoms with van der Waals surface area (Å²) in [7, 11) is 1.72. The molecule has 126 valence electrons. The molecule has 0 saturated carbocycles. The second-order valence-corrected chi connectivity index (χ2v) is 6.22. The van der Waals surface area contributed by atoms with Crippen molar-refractivity contribution in [3.05, 3.63) is 34.3 Å². The average molecular weight is 341 g/mol. The number of likely N-dealkylation sites (N-methyl/N-ethyl adjacent to an activating group) is 1. The maximum absolute atomic E-state index is 12.6. The van der Waals surface area contributed by atoms with Crippen LogP contribution in [-0.4, -0.2) is 72.7 Å². The molecular formula is C16H21ClN2O4. The van der Waals surface area contributed by atoms with Crippen LogP contribution in [0.5, 0.6) is 0 Å². The summed E-state index contributed by atoms with van der Waals surface area (Å²) in [5.74, 6) is -1.01. The molecule has 1 unspecified atom stereocenters. The van der Waals surface area contributed by atoms with Gasteiger partial charge in [-0.15, -0.1) is 0 Å². The Morgan fingerprint density at radius 2 is 2.22 bits per heavy atom. The molecule has 0 spiro atoms. The first-order chi connectivity index (χ1) is 10.9. The summed E-state index contributed by atoms with van der Waals surface area (Å²) >= 11 is 6.17. The van der Waals surface area contributed by atoms with Gasteiger partial charge < -0.3 is 14.7 Å². The van der Waals surface area contributed by atoms with E-state index in [1.807, 2.05) is 13.0 Å². The predicted octanol–water partition coefficient (Wildman–Crippen LogP) is 1.51. The van der Waals surface area contributed by atoms with Gasteiger partial charge in [0.15, 0.2) is 0 Å². The molecule has 23 heavy (non-hydrogen) atoms. The number of benzene rings is 1. The molecule has 1 aromatic rings. The van der Waals surface area contributed by atoms with Gasteiger partial charge in [0.1, 0.15) is 0 Å². The molecule has 1 aromatic carbocycles. The number of halogens is 1. The normalized spacial score (nSPS) is 18.3. The van der Waals surface area contributed by atoms with Crippen LogP contribution in [0.25, 0.3) is 0 Å². The molecule has 1 N–H and O–H groups in total. The molecule has 2 rings (SSSR count). The van der Waals surface area contributed by atoms with Crippen LogP contribution in [0.1, 0.15) is 15.9 Å². The van der Waals surface area contributed by atoms with E-state index < -0.39 is 5.97 Å². The van der Waals surface area contributed by atoms with E-state index in [-0.39, 0.29) is 18.6 Å². The van der Waals surface area contributed by atoms with E-state index >= 15 is 0 Å². The third-order valence-corrected chi connectivity index (χ3v) is 4.01. The van der Waals surface area contributed by atoms with Crippen LogP contribution in [0, 0.1) is 6.92 Å². The molecule has 1 amide bonds. The van der Waals surface area contributed by atoms with E-state index in [9.17, 15) is 9.59 Å². The summed E-state index contributed by atoms with van der Waals surface area (Å²) in [6.45, 7) is 3.68. The van der Waals surface area contributed by atoms with Crippen LogP contribution in [0.15, 0.2) is 18.2 Å². The van der Waals surface area contributed by atoms with Crippen molar-refractivity contribution in [1.29, 1.82) is 0 Å². The van der Waals surface area contributed by atoms with Crippen molar-refractivity contribution >= 4 is 23.5 Å². The Kier molecular flexibility index (Phi) is 5.98. The highest BCUT2D eigenvalue weighted by molar-refractivity contribution is 6.33. The number of carbonyl (C=O) groups excluding carboxylic acids is 1. The molecular weight excluding hydrogens is 320 g/mol. The molecule has 1 aliphatic rings. The predicted molar refractivity (Wildman–Crippen MR) is 87.0 cm³/mol. The Morgan fingerprint density at radius 1 is 1.48 bits per heavy atom. The monoisotopic (exact) mass is 340 g/mol. The van der Waals surface area contributed by atoms with Gasteiger partial charge in [-0.05, 0) is 31.7 Å². The lowest BCUT2D eigenvalue weighted by molar-refractivity contribution is -0.138. The highest BCUT2D eigenvalue weighted by Gasteiger charge is 2.27. The zero-order chi connectivity index (χ0) is 17.0. The number of hydrogen-bond acceptors (Lipinski definition) is 4. The number of nitrogens with zero attached hydrogens (tertiary/aromatic N) is 2. The molecule has 7 heteroatoms. The minimum atomic E-state index is -0.886. The second-order valence-electron chi connectivity index (χ2n) is 5.82. The maximum Gasteiger partial charge on any atom is 0.317 e. The van der Waals surface area contributed by atoms with Crippen molar-refractivity contribution in [2.75, 3.05) is 39.8 Å². The van der Waals surface area contributed by atoms with Gasteiger partial charge in [-0.2, -0.15) is 0 Å². The topological polar surface area (TPSA) is 70.1 Å². The van der Waals surface area contributed by atoms with Gasteiger partial charge in [0.2, 0.25) is 0 Å². The van der Waals surface area contributed by atoms with Gasteiger partial charge in [0.25, 0.3) is 5.91 Å². The highest BCUT2D eigenvalue weighted by atomic mass is 35.5. The third kappa shape index (κ3) is 4.92. The summed E-state index contributed by atoms with van der Waals surface area (Å²) in [6, 6.07) is 5.37. The van der Waals surface area contributed by atoms with E-state index in [2.05, 4.69) is 0 Å². The summed E-state index contributed by atoms with van der Waals surface area (Å²) in [4.78, 5) is 26.7. The third-order valence-electron chi connectivity index (χ3n) is 3.70.